The van der Waals surface area contributed by atoms with Gasteiger partial charge in [-0.2, -0.15) is 5.10 Å². The van der Waals surface area contributed by atoms with Crippen molar-refractivity contribution in [3.63, 3.8) is 0 Å². The highest BCUT2D eigenvalue weighted by molar-refractivity contribution is 6.33. The van der Waals surface area contributed by atoms with Gasteiger partial charge in [0.15, 0.2) is 17.4 Å². The summed E-state index contributed by atoms with van der Waals surface area (Å²) in [5.41, 5.74) is 1.11. The summed E-state index contributed by atoms with van der Waals surface area (Å²) in [6.07, 6.45) is 1.45. The van der Waals surface area contributed by atoms with E-state index in [2.05, 4.69) is 10.4 Å². The van der Waals surface area contributed by atoms with Crippen molar-refractivity contribution in [2.45, 2.75) is 13.2 Å². The summed E-state index contributed by atoms with van der Waals surface area (Å²) in [7, 11) is 0. The van der Waals surface area contributed by atoms with E-state index in [1.807, 2.05) is 0 Å². The van der Waals surface area contributed by atoms with Gasteiger partial charge in [-0.15, -0.1) is 0 Å². The first-order valence-corrected chi connectivity index (χ1v) is 10.7. The number of hydrogen-bond donors (Lipinski definition) is 1. The molecule has 0 bridgehead atoms. The second kappa shape index (κ2) is 10.2. The van der Waals surface area contributed by atoms with Gasteiger partial charge in [0.2, 0.25) is 0 Å². The quantitative estimate of drug-likeness (QED) is 0.312. The Labute approximate surface area is 202 Å². The lowest BCUT2D eigenvalue weighted by atomic mass is 10.1. The number of rotatable bonds is 7. The molecule has 4 rings (SSSR count). The van der Waals surface area contributed by atoms with Crippen molar-refractivity contribution in [1.29, 1.82) is 0 Å². The first-order valence-electron chi connectivity index (χ1n) is 9.94. The number of benzene rings is 3. The van der Waals surface area contributed by atoms with Crippen molar-refractivity contribution in [2.75, 3.05) is 5.32 Å². The number of halogens is 5. The van der Waals surface area contributed by atoms with Gasteiger partial charge >= 0.3 is 0 Å². The fourth-order valence-corrected chi connectivity index (χ4v) is 3.56. The maximum atomic E-state index is 14.0. The minimum Gasteiger partial charge on any atom is -0.486 e. The van der Waals surface area contributed by atoms with E-state index in [1.165, 1.54) is 29.1 Å². The molecule has 34 heavy (non-hydrogen) atoms. The predicted octanol–water partition coefficient (Wildman–Crippen LogP) is 6.49. The van der Waals surface area contributed by atoms with Crippen LogP contribution in [0.2, 0.25) is 10.0 Å². The highest BCUT2D eigenvalue weighted by Crippen LogP contribution is 2.24. The van der Waals surface area contributed by atoms with Gasteiger partial charge in [0.05, 0.1) is 6.54 Å². The number of nitrogens with zero attached hydrogens (tertiary/aromatic N) is 2. The Balaban J connectivity index is 1.44. The summed E-state index contributed by atoms with van der Waals surface area (Å²) in [6.45, 7) is -0.0175. The molecule has 5 nitrogen and oxygen atoms in total. The van der Waals surface area contributed by atoms with Gasteiger partial charge in [0.25, 0.3) is 5.91 Å². The van der Waals surface area contributed by atoms with Crippen LogP contribution in [0, 0.1) is 17.5 Å². The Morgan fingerprint density at radius 3 is 2.53 bits per heavy atom. The summed E-state index contributed by atoms with van der Waals surface area (Å²) in [6, 6.07) is 13.8. The van der Waals surface area contributed by atoms with Crippen LogP contribution < -0.4 is 10.1 Å². The molecule has 1 aromatic heterocycles. The zero-order chi connectivity index (χ0) is 24.2. The topological polar surface area (TPSA) is 56.2 Å². The van der Waals surface area contributed by atoms with Crippen LogP contribution in [0.1, 0.15) is 21.5 Å². The van der Waals surface area contributed by atoms with Gasteiger partial charge in [-0.1, -0.05) is 41.4 Å². The van der Waals surface area contributed by atoms with Gasteiger partial charge in [0, 0.05) is 28.4 Å². The number of carbonyl (C=O) groups is 1. The Morgan fingerprint density at radius 2 is 1.76 bits per heavy atom. The molecule has 0 aliphatic carbocycles. The lowest BCUT2D eigenvalue weighted by Crippen LogP contribution is -2.14. The van der Waals surface area contributed by atoms with E-state index in [9.17, 15) is 18.0 Å². The molecule has 0 aliphatic rings. The summed E-state index contributed by atoms with van der Waals surface area (Å²) in [5.74, 6) is -2.52. The fraction of sp³-hybridized carbons (Fsp3) is 0.0833. The maximum absolute atomic E-state index is 14.0. The molecule has 0 saturated heterocycles. The number of carbonyl (C=O) groups excluding carboxylic acids is 1. The molecule has 0 aliphatic heterocycles. The molecule has 1 amide bonds. The molecule has 0 atom stereocenters. The van der Waals surface area contributed by atoms with Crippen LogP contribution >= 0.6 is 23.2 Å². The molecule has 1 N–H and O–H groups in total. The zero-order valence-corrected chi connectivity index (χ0v) is 18.9. The highest BCUT2D eigenvalue weighted by atomic mass is 35.5. The molecule has 0 radical (unpaired) electrons. The zero-order valence-electron chi connectivity index (χ0n) is 17.4. The molecule has 0 saturated carbocycles. The van der Waals surface area contributed by atoms with Crippen molar-refractivity contribution in [1.82, 2.24) is 9.78 Å². The summed E-state index contributed by atoms with van der Waals surface area (Å²) < 4.78 is 47.6. The first kappa shape index (κ1) is 23.7. The SMILES string of the molecule is O=C(Nc1nn(Cc2c(F)cccc2Cl)cc1Cl)c1cccc(COc2ccc(F)cc2F)c1. The molecule has 0 spiro atoms. The second-order valence-corrected chi connectivity index (χ2v) is 8.06. The summed E-state index contributed by atoms with van der Waals surface area (Å²) >= 11 is 12.2. The van der Waals surface area contributed by atoms with E-state index in [0.717, 1.165) is 12.1 Å². The Morgan fingerprint density at radius 1 is 0.971 bits per heavy atom. The van der Waals surface area contributed by atoms with Crippen LogP contribution in [0.4, 0.5) is 19.0 Å². The Bertz CT molecular complexity index is 1340. The van der Waals surface area contributed by atoms with Crippen LogP contribution in [0.3, 0.4) is 0 Å². The van der Waals surface area contributed by atoms with Gasteiger partial charge in [-0.3, -0.25) is 9.48 Å². The Kier molecular flexibility index (Phi) is 7.09. The third-order valence-electron chi connectivity index (χ3n) is 4.81. The van der Waals surface area contributed by atoms with Crippen LogP contribution in [-0.2, 0) is 13.2 Å². The lowest BCUT2D eigenvalue weighted by Gasteiger charge is -2.09. The smallest absolute Gasteiger partial charge is 0.256 e. The monoisotopic (exact) mass is 505 g/mol. The lowest BCUT2D eigenvalue weighted by molar-refractivity contribution is 0.102. The van der Waals surface area contributed by atoms with Gasteiger partial charge in [0.1, 0.15) is 23.3 Å². The van der Waals surface area contributed by atoms with Crippen LogP contribution in [0.5, 0.6) is 5.75 Å². The number of ether oxygens (including phenoxy) is 1. The molecule has 10 heteroatoms. The normalized spacial score (nSPS) is 10.9. The predicted molar refractivity (Wildman–Crippen MR) is 123 cm³/mol. The average molecular weight is 506 g/mol. The van der Waals surface area contributed by atoms with Gasteiger partial charge in [-0.25, -0.2) is 13.2 Å². The number of aromatic nitrogens is 2. The number of anilines is 1. The minimum atomic E-state index is -0.823. The van der Waals surface area contributed by atoms with Crippen molar-refractivity contribution >= 4 is 34.9 Å². The second-order valence-electron chi connectivity index (χ2n) is 7.24. The van der Waals surface area contributed by atoms with E-state index >= 15 is 0 Å². The van der Waals surface area contributed by atoms with E-state index in [0.29, 0.717) is 5.56 Å². The molecule has 4 aromatic rings. The number of hydrogen-bond acceptors (Lipinski definition) is 3. The van der Waals surface area contributed by atoms with Gasteiger partial charge in [-0.05, 0) is 42.0 Å². The third kappa shape index (κ3) is 5.52. The van der Waals surface area contributed by atoms with Crippen molar-refractivity contribution in [3.05, 3.63) is 111 Å². The first-order chi connectivity index (χ1) is 16.3. The van der Waals surface area contributed by atoms with Crippen LogP contribution in [0.15, 0.2) is 66.9 Å². The van der Waals surface area contributed by atoms with E-state index < -0.39 is 23.4 Å². The fourth-order valence-electron chi connectivity index (χ4n) is 3.14. The van der Waals surface area contributed by atoms with Crippen LogP contribution in [-0.4, -0.2) is 15.7 Å². The van der Waals surface area contributed by atoms with Gasteiger partial charge < -0.3 is 10.1 Å². The molecule has 0 unspecified atom stereocenters. The standard InChI is InChI=1S/C24H16Cl2F3N3O2/c25-18-5-2-6-20(28)17(18)11-32-12-19(26)23(31-32)30-24(33)15-4-1-3-14(9-15)13-34-22-8-7-16(27)10-21(22)29/h1-10,12H,11,13H2,(H,30,31,33). The third-order valence-corrected chi connectivity index (χ3v) is 5.44. The maximum Gasteiger partial charge on any atom is 0.256 e. The average Bonchev–Trinajstić information content (AvgIpc) is 3.14. The Hall–Kier alpha value is -3.49. The molecule has 174 valence electrons. The largest absolute Gasteiger partial charge is 0.486 e. The molecule has 3 aromatic carbocycles. The summed E-state index contributed by atoms with van der Waals surface area (Å²) in [5, 5.41) is 7.21. The van der Waals surface area contributed by atoms with E-state index in [4.69, 9.17) is 27.9 Å². The highest BCUT2D eigenvalue weighted by Gasteiger charge is 2.15. The number of nitrogens with one attached hydrogen (secondary N) is 1. The van der Waals surface area contributed by atoms with Crippen molar-refractivity contribution < 1.29 is 22.7 Å². The molecule has 0 fully saturated rings. The summed E-state index contributed by atoms with van der Waals surface area (Å²) in [4.78, 5) is 12.7. The molecule has 1 heterocycles. The van der Waals surface area contributed by atoms with Crippen molar-refractivity contribution in [3.8, 4) is 5.75 Å². The molecular weight excluding hydrogens is 490 g/mol. The van der Waals surface area contributed by atoms with Crippen molar-refractivity contribution in [2.24, 2.45) is 0 Å². The van der Waals surface area contributed by atoms with E-state index in [-0.39, 0.29) is 45.9 Å². The van der Waals surface area contributed by atoms with Crippen LogP contribution in [0.25, 0.3) is 0 Å². The number of amides is 1. The minimum absolute atomic E-state index is 0.0217. The molecular formula is C24H16Cl2F3N3O2. The van der Waals surface area contributed by atoms with E-state index in [1.54, 1.807) is 30.3 Å².